The molecule has 1 aliphatic rings. The molecule has 4 rings (SSSR count). The number of carboxylic acid groups (broad SMARTS) is 1. The molecule has 4 heterocycles. The van der Waals surface area contributed by atoms with E-state index in [4.69, 9.17) is 14.6 Å². The maximum Gasteiger partial charge on any atom is 0.422 e. The lowest BCUT2D eigenvalue weighted by Gasteiger charge is -2.15. The monoisotopic (exact) mass is 449 g/mol. The average molecular weight is 449 g/mol. The molecule has 168 valence electrons. The van der Waals surface area contributed by atoms with Gasteiger partial charge in [0.1, 0.15) is 5.82 Å². The molecular formula is C20H18F3N5O4. The third-order valence-electron chi connectivity index (χ3n) is 4.85. The number of pyridine rings is 2. The predicted octanol–water partition coefficient (Wildman–Crippen LogP) is 3.41. The molecule has 1 atom stereocenters. The van der Waals surface area contributed by atoms with Crippen molar-refractivity contribution in [3.8, 4) is 5.88 Å². The summed E-state index contributed by atoms with van der Waals surface area (Å²) in [5.41, 5.74) is 1.83. The van der Waals surface area contributed by atoms with Gasteiger partial charge in [-0.15, -0.1) is 0 Å². The van der Waals surface area contributed by atoms with E-state index in [1.807, 2.05) is 6.92 Å². The van der Waals surface area contributed by atoms with E-state index in [0.717, 1.165) is 5.56 Å². The molecule has 0 saturated carbocycles. The van der Waals surface area contributed by atoms with E-state index in [-0.39, 0.29) is 24.4 Å². The Morgan fingerprint density at radius 3 is 2.81 bits per heavy atom. The fourth-order valence-electron chi connectivity index (χ4n) is 3.24. The maximum atomic E-state index is 12.4. The van der Waals surface area contributed by atoms with E-state index in [1.165, 1.54) is 12.4 Å². The number of aryl methyl sites for hydroxylation is 1. The number of aliphatic carboxylic acids is 1. The van der Waals surface area contributed by atoms with Crippen molar-refractivity contribution in [2.75, 3.05) is 18.2 Å². The lowest BCUT2D eigenvalue weighted by atomic mass is 10.1. The number of aromatic nitrogens is 4. The number of carbonyl (C=O) groups is 1. The summed E-state index contributed by atoms with van der Waals surface area (Å²) in [6, 6.07) is 3.13. The summed E-state index contributed by atoms with van der Waals surface area (Å²) in [7, 11) is 0. The molecule has 3 aromatic rings. The Balaban J connectivity index is 1.60. The third kappa shape index (κ3) is 4.29. The van der Waals surface area contributed by atoms with Crippen LogP contribution in [0.4, 0.5) is 19.0 Å². The molecule has 0 saturated heterocycles. The van der Waals surface area contributed by atoms with Gasteiger partial charge in [0.2, 0.25) is 11.6 Å². The highest BCUT2D eigenvalue weighted by atomic mass is 19.4. The molecular weight excluding hydrogens is 431 g/mol. The van der Waals surface area contributed by atoms with Gasteiger partial charge in [0.05, 0.1) is 23.1 Å². The van der Waals surface area contributed by atoms with Crippen molar-refractivity contribution >= 4 is 22.7 Å². The van der Waals surface area contributed by atoms with E-state index in [1.54, 1.807) is 41.0 Å². The topological polar surface area (TPSA) is 103 Å². The molecule has 9 nitrogen and oxygen atoms in total. The van der Waals surface area contributed by atoms with Gasteiger partial charge < -0.3 is 14.6 Å². The second-order valence-electron chi connectivity index (χ2n) is 7.19. The zero-order chi connectivity index (χ0) is 23.0. The van der Waals surface area contributed by atoms with Crippen molar-refractivity contribution in [1.82, 2.24) is 19.7 Å². The fraction of sp³-hybridized carbons (Fsp3) is 0.300. The largest absolute Gasteiger partial charge is 0.475 e. The number of alkyl halides is 3. The highest BCUT2D eigenvalue weighted by Crippen LogP contribution is 2.30. The number of halogens is 3. The first-order chi connectivity index (χ1) is 15.1. The van der Waals surface area contributed by atoms with Crippen LogP contribution >= 0.6 is 0 Å². The molecule has 0 amide bonds. The summed E-state index contributed by atoms with van der Waals surface area (Å²) in [4.78, 5) is 21.0. The molecule has 0 spiro atoms. The average Bonchev–Trinajstić information content (AvgIpc) is 3.38. The Bertz CT molecular complexity index is 1210. The Morgan fingerprint density at radius 2 is 2.16 bits per heavy atom. The van der Waals surface area contributed by atoms with Crippen molar-refractivity contribution in [2.45, 2.75) is 26.1 Å². The van der Waals surface area contributed by atoms with Crippen LogP contribution in [0.1, 0.15) is 24.1 Å². The van der Waals surface area contributed by atoms with Crippen LogP contribution in [0.2, 0.25) is 0 Å². The van der Waals surface area contributed by atoms with E-state index in [9.17, 15) is 18.0 Å². The summed E-state index contributed by atoms with van der Waals surface area (Å²) in [6.07, 6.45) is 1.69. The molecule has 3 aromatic heterocycles. The standard InChI is InChI=1S/C20H18F3N5O4/c1-11-5-13(6-25-18(11)31-9-20(21,22)23)12(2)28-7-14-15(26-28)3-4-24-17(14)27-8-16(19(29)30)32-10-27/h3-8,12H,9-10H2,1-2H3,(H,29,30). The normalized spacial score (nSPS) is 14.9. The summed E-state index contributed by atoms with van der Waals surface area (Å²) >= 11 is 0. The van der Waals surface area contributed by atoms with Crippen molar-refractivity contribution < 1.29 is 32.5 Å². The van der Waals surface area contributed by atoms with Crippen LogP contribution in [0.3, 0.4) is 0 Å². The Hall–Kier alpha value is -3.83. The molecule has 0 radical (unpaired) electrons. The van der Waals surface area contributed by atoms with E-state index < -0.39 is 18.8 Å². The van der Waals surface area contributed by atoms with E-state index in [2.05, 4.69) is 15.1 Å². The zero-order valence-corrected chi connectivity index (χ0v) is 17.0. The molecule has 1 N–H and O–H groups in total. The van der Waals surface area contributed by atoms with E-state index in [0.29, 0.717) is 22.3 Å². The highest BCUT2D eigenvalue weighted by Gasteiger charge is 2.29. The number of fused-ring (bicyclic) bond motifs is 1. The van der Waals surface area contributed by atoms with E-state index >= 15 is 0 Å². The lowest BCUT2D eigenvalue weighted by molar-refractivity contribution is -0.154. The van der Waals surface area contributed by atoms with Crippen molar-refractivity contribution in [1.29, 1.82) is 0 Å². The van der Waals surface area contributed by atoms with Crippen molar-refractivity contribution in [3.63, 3.8) is 0 Å². The van der Waals surface area contributed by atoms with Crippen LogP contribution in [0, 0.1) is 6.92 Å². The minimum absolute atomic E-state index is 0.0109. The second-order valence-corrected chi connectivity index (χ2v) is 7.19. The first-order valence-corrected chi connectivity index (χ1v) is 9.47. The quantitative estimate of drug-likeness (QED) is 0.611. The van der Waals surface area contributed by atoms with Gasteiger partial charge >= 0.3 is 12.1 Å². The Morgan fingerprint density at radius 1 is 1.38 bits per heavy atom. The van der Waals surface area contributed by atoms with Crippen LogP contribution in [0.15, 0.2) is 42.7 Å². The molecule has 0 fully saturated rings. The number of nitrogens with zero attached hydrogens (tertiary/aromatic N) is 5. The van der Waals surface area contributed by atoms with Gasteiger partial charge in [-0.1, -0.05) is 0 Å². The minimum atomic E-state index is -4.44. The molecule has 0 aliphatic carbocycles. The first-order valence-electron chi connectivity index (χ1n) is 9.47. The number of rotatable bonds is 6. The lowest BCUT2D eigenvalue weighted by Crippen LogP contribution is -2.20. The summed E-state index contributed by atoms with van der Waals surface area (Å²) < 4.78 is 48.8. The molecule has 0 bridgehead atoms. The molecule has 0 aromatic carbocycles. The Kier molecular flexibility index (Phi) is 5.36. The summed E-state index contributed by atoms with van der Waals surface area (Å²) in [5.74, 6) is -0.943. The molecule has 12 heteroatoms. The fourth-order valence-corrected chi connectivity index (χ4v) is 3.24. The van der Waals surface area contributed by atoms with Crippen LogP contribution in [-0.4, -0.2) is 50.3 Å². The maximum absolute atomic E-state index is 12.4. The van der Waals surface area contributed by atoms with Crippen molar-refractivity contribution in [2.24, 2.45) is 0 Å². The second kappa shape index (κ2) is 8.02. The predicted molar refractivity (Wildman–Crippen MR) is 106 cm³/mol. The van der Waals surface area contributed by atoms with Gasteiger partial charge in [-0.05, 0) is 31.5 Å². The van der Waals surface area contributed by atoms with Gasteiger partial charge in [-0.3, -0.25) is 9.58 Å². The van der Waals surface area contributed by atoms with Crippen LogP contribution < -0.4 is 9.64 Å². The molecule has 1 unspecified atom stereocenters. The van der Waals surface area contributed by atoms with Crippen LogP contribution in [0.25, 0.3) is 10.9 Å². The van der Waals surface area contributed by atoms with Gasteiger partial charge in [0.15, 0.2) is 13.3 Å². The van der Waals surface area contributed by atoms with Crippen LogP contribution in [-0.2, 0) is 9.53 Å². The zero-order valence-electron chi connectivity index (χ0n) is 17.0. The summed E-state index contributed by atoms with van der Waals surface area (Å²) in [6.45, 7) is 2.09. The number of ether oxygens (including phenoxy) is 2. The molecule has 32 heavy (non-hydrogen) atoms. The van der Waals surface area contributed by atoms with Crippen LogP contribution in [0.5, 0.6) is 5.88 Å². The minimum Gasteiger partial charge on any atom is -0.475 e. The smallest absolute Gasteiger partial charge is 0.422 e. The van der Waals surface area contributed by atoms with Gasteiger partial charge in [-0.25, -0.2) is 14.8 Å². The number of hydrogen-bond donors (Lipinski definition) is 1. The molecule has 1 aliphatic heterocycles. The van der Waals surface area contributed by atoms with Gasteiger partial charge in [0.25, 0.3) is 0 Å². The van der Waals surface area contributed by atoms with Crippen molar-refractivity contribution in [3.05, 3.63) is 53.8 Å². The Labute approximate surface area is 179 Å². The highest BCUT2D eigenvalue weighted by molar-refractivity contribution is 5.91. The number of carboxylic acids is 1. The summed E-state index contributed by atoms with van der Waals surface area (Å²) in [5, 5.41) is 14.3. The number of anilines is 1. The van der Waals surface area contributed by atoms with Gasteiger partial charge in [0, 0.05) is 24.2 Å². The SMILES string of the molecule is Cc1cc(C(C)n2cc3c(N4C=C(C(=O)O)OC4)nccc3n2)cnc1OCC(F)(F)F. The number of hydrogen-bond acceptors (Lipinski definition) is 7. The van der Waals surface area contributed by atoms with Gasteiger partial charge in [-0.2, -0.15) is 18.3 Å². The first kappa shape index (κ1) is 21.4. The third-order valence-corrected chi connectivity index (χ3v) is 4.85.